The van der Waals surface area contributed by atoms with Crippen molar-refractivity contribution in [1.29, 1.82) is 0 Å². The highest BCUT2D eigenvalue weighted by molar-refractivity contribution is 6.07. The van der Waals surface area contributed by atoms with Gasteiger partial charge in [-0.1, -0.05) is 6.07 Å². The molecule has 1 aromatic carbocycles. The van der Waals surface area contributed by atoms with Crippen LogP contribution in [0.5, 0.6) is 5.75 Å². The van der Waals surface area contributed by atoms with Crippen LogP contribution in [0.2, 0.25) is 0 Å². The maximum absolute atomic E-state index is 13.1. The number of urea groups is 1. The molecular weight excluding hydrogens is 389 g/mol. The molecule has 8 heteroatoms. The van der Waals surface area contributed by atoms with Crippen LogP contribution in [0, 0.1) is 0 Å². The van der Waals surface area contributed by atoms with Crippen LogP contribution in [0.15, 0.2) is 18.2 Å². The Balaban J connectivity index is 1.76. The summed E-state index contributed by atoms with van der Waals surface area (Å²) in [7, 11) is 1.64. The molecule has 0 radical (unpaired) electrons. The van der Waals surface area contributed by atoms with Gasteiger partial charge in [0.25, 0.3) is 5.91 Å². The molecular formula is C22H30FN3O4. The Morgan fingerprint density at radius 1 is 1.37 bits per heavy atom. The zero-order valence-electron chi connectivity index (χ0n) is 17.4. The molecule has 7 nitrogen and oxygen atoms in total. The summed E-state index contributed by atoms with van der Waals surface area (Å²) in [6.07, 6.45) is 3.67. The second-order valence-electron chi connectivity index (χ2n) is 8.83. The molecule has 3 atom stereocenters. The van der Waals surface area contributed by atoms with Gasteiger partial charge in [0.1, 0.15) is 18.0 Å². The van der Waals surface area contributed by atoms with Crippen LogP contribution in [-0.2, 0) is 16.6 Å². The van der Waals surface area contributed by atoms with E-state index in [9.17, 15) is 19.1 Å². The Bertz CT molecular complexity index is 835. The average Bonchev–Trinajstić information content (AvgIpc) is 3.01. The number of nitrogens with zero attached hydrogens (tertiary/aromatic N) is 1. The van der Waals surface area contributed by atoms with Gasteiger partial charge in [-0.25, -0.2) is 9.18 Å². The number of likely N-dealkylation sites (tertiary alicyclic amines) is 1. The Morgan fingerprint density at radius 2 is 2.20 bits per heavy atom. The molecule has 2 heterocycles. The van der Waals surface area contributed by atoms with Crippen LogP contribution in [0.25, 0.3) is 0 Å². The lowest BCUT2D eigenvalue weighted by atomic mass is 9.58. The zero-order chi connectivity index (χ0) is 21.4. The first-order chi connectivity index (χ1) is 14.4. The topological polar surface area (TPSA) is 90.9 Å². The minimum atomic E-state index is -1.05. The van der Waals surface area contributed by atoms with E-state index in [2.05, 4.69) is 27.7 Å². The van der Waals surface area contributed by atoms with Crippen molar-refractivity contribution in [2.75, 3.05) is 33.5 Å². The number of aliphatic hydroxyl groups excluding tert-OH is 1. The van der Waals surface area contributed by atoms with Gasteiger partial charge in [-0.2, -0.15) is 0 Å². The van der Waals surface area contributed by atoms with Crippen LogP contribution in [-0.4, -0.2) is 67.0 Å². The van der Waals surface area contributed by atoms with Crippen molar-refractivity contribution in [2.45, 2.75) is 55.5 Å². The lowest BCUT2D eigenvalue weighted by Crippen LogP contribution is -2.59. The van der Waals surface area contributed by atoms with Gasteiger partial charge in [0.05, 0.1) is 7.11 Å². The molecule has 2 bridgehead atoms. The van der Waals surface area contributed by atoms with Crippen LogP contribution in [0.3, 0.4) is 0 Å². The van der Waals surface area contributed by atoms with E-state index in [1.54, 1.807) is 7.11 Å². The molecule has 1 aromatic rings. The Labute approximate surface area is 176 Å². The summed E-state index contributed by atoms with van der Waals surface area (Å²) >= 11 is 0. The summed E-state index contributed by atoms with van der Waals surface area (Å²) in [6, 6.07) is 5.79. The number of halogens is 1. The average molecular weight is 419 g/mol. The Hall–Kier alpha value is -2.19. The molecule has 0 saturated carbocycles. The smallest absolute Gasteiger partial charge is 0.322 e. The fraction of sp³-hybridized carbons (Fsp3) is 0.636. The van der Waals surface area contributed by atoms with Crippen molar-refractivity contribution in [3.63, 3.8) is 0 Å². The first kappa shape index (κ1) is 21.1. The van der Waals surface area contributed by atoms with Gasteiger partial charge in [0, 0.05) is 24.6 Å². The number of alkyl halides is 1. The summed E-state index contributed by atoms with van der Waals surface area (Å²) in [5.41, 5.74) is 0.974. The quantitative estimate of drug-likeness (QED) is 0.558. The molecule has 3 aliphatic rings. The molecule has 2 fully saturated rings. The predicted molar refractivity (Wildman–Crippen MR) is 109 cm³/mol. The number of carbonyl (C=O) groups is 2. The van der Waals surface area contributed by atoms with Gasteiger partial charge < -0.3 is 15.2 Å². The van der Waals surface area contributed by atoms with E-state index in [4.69, 9.17) is 4.74 Å². The number of ether oxygens (including phenoxy) is 1. The number of piperidine rings is 1. The van der Waals surface area contributed by atoms with E-state index < -0.39 is 11.6 Å². The molecule has 1 aliphatic carbocycles. The van der Waals surface area contributed by atoms with Crippen molar-refractivity contribution in [1.82, 2.24) is 15.5 Å². The number of imide groups is 1. The Morgan fingerprint density at radius 3 is 2.87 bits per heavy atom. The second-order valence-corrected chi connectivity index (χ2v) is 8.83. The van der Waals surface area contributed by atoms with E-state index in [0.717, 1.165) is 37.1 Å². The molecule has 164 valence electrons. The van der Waals surface area contributed by atoms with E-state index in [0.29, 0.717) is 25.8 Å². The summed E-state index contributed by atoms with van der Waals surface area (Å²) in [4.78, 5) is 27.1. The standard InChI is InChI=1S/C22H30FN3O4/c1-30-17-4-3-15-11-16-13-21(18(15)12-17,6-8-26(16)9-7-23)14-22(5-2-10-27)19(28)24-20(29)25-22/h3-4,12,16,27H,2,5-11,13-14H2,1H3,(H2,24,25,28,29). The minimum absolute atomic E-state index is 0.0464. The molecule has 3 amide bonds. The summed E-state index contributed by atoms with van der Waals surface area (Å²) in [6.45, 7) is 0.739. The predicted octanol–water partition coefficient (Wildman–Crippen LogP) is 1.66. The van der Waals surface area contributed by atoms with Crippen LogP contribution in [0.1, 0.15) is 43.2 Å². The summed E-state index contributed by atoms with van der Waals surface area (Å²) in [5.74, 6) is 0.440. The molecule has 2 aliphatic heterocycles. The highest BCUT2D eigenvalue weighted by atomic mass is 19.1. The SMILES string of the molecule is COc1ccc2c(c1)C1(CC3(CCCO)NC(=O)NC3=O)CCN(CCF)C(C2)C1. The van der Waals surface area contributed by atoms with Crippen LogP contribution >= 0.6 is 0 Å². The third-order valence-electron chi connectivity index (χ3n) is 7.15. The fourth-order valence-corrected chi connectivity index (χ4v) is 5.81. The number of aliphatic hydroxyl groups is 1. The third kappa shape index (κ3) is 3.56. The van der Waals surface area contributed by atoms with E-state index in [1.807, 2.05) is 6.07 Å². The van der Waals surface area contributed by atoms with E-state index in [-0.39, 0.29) is 30.6 Å². The van der Waals surface area contributed by atoms with Gasteiger partial charge in [-0.15, -0.1) is 0 Å². The molecule has 30 heavy (non-hydrogen) atoms. The van der Waals surface area contributed by atoms with Gasteiger partial charge in [0.15, 0.2) is 0 Å². The van der Waals surface area contributed by atoms with Crippen molar-refractivity contribution in [3.8, 4) is 5.75 Å². The molecule has 0 aromatic heterocycles. The zero-order valence-corrected chi connectivity index (χ0v) is 17.4. The maximum atomic E-state index is 13.1. The van der Waals surface area contributed by atoms with Gasteiger partial charge >= 0.3 is 6.03 Å². The van der Waals surface area contributed by atoms with Crippen molar-refractivity contribution < 1.29 is 23.8 Å². The van der Waals surface area contributed by atoms with Gasteiger partial charge in [0.2, 0.25) is 0 Å². The van der Waals surface area contributed by atoms with Gasteiger partial charge in [-0.3, -0.25) is 15.0 Å². The lowest BCUT2D eigenvalue weighted by Gasteiger charge is -2.53. The number of methoxy groups -OCH3 is 1. The monoisotopic (exact) mass is 419 g/mol. The number of fused-ring (bicyclic) bond motifs is 4. The van der Waals surface area contributed by atoms with Crippen LogP contribution < -0.4 is 15.4 Å². The molecule has 3 unspecified atom stereocenters. The highest BCUT2D eigenvalue weighted by Gasteiger charge is 2.55. The highest BCUT2D eigenvalue weighted by Crippen LogP contribution is 2.51. The number of rotatable bonds is 8. The number of carbonyl (C=O) groups excluding carboxylic acids is 2. The molecule has 4 rings (SSSR count). The number of hydrogen-bond donors (Lipinski definition) is 3. The lowest BCUT2D eigenvalue weighted by molar-refractivity contribution is -0.125. The van der Waals surface area contributed by atoms with Gasteiger partial charge in [-0.05, 0) is 68.3 Å². The number of amides is 3. The summed E-state index contributed by atoms with van der Waals surface area (Å²) in [5, 5.41) is 14.7. The van der Waals surface area contributed by atoms with Crippen molar-refractivity contribution in [3.05, 3.63) is 29.3 Å². The van der Waals surface area contributed by atoms with Crippen LogP contribution in [0.4, 0.5) is 9.18 Å². The Kier molecular flexibility index (Phi) is 5.72. The number of hydrogen-bond acceptors (Lipinski definition) is 5. The first-order valence-corrected chi connectivity index (χ1v) is 10.7. The summed E-state index contributed by atoms with van der Waals surface area (Å²) < 4.78 is 18.6. The van der Waals surface area contributed by atoms with Crippen molar-refractivity contribution >= 4 is 11.9 Å². The normalized spacial score (nSPS) is 30.6. The largest absolute Gasteiger partial charge is 0.497 e. The molecule has 2 saturated heterocycles. The van der Waals surface area contributed by atoms with E-state index >= 15 is 0 Å². The fourth-order valence-electron chi connectivity index (χ4n) is 5.81. The third-order valence-corrected chi connectivity index (χ3v) is 7.15. The second kappa shape index (κ2) is 8.15. The first-order valence-electron chi connectivity index (χ1n) is 10.7. The number of nitrogens with one attached hydrogen (secondary N) is 2. The van der Waals surface area contributed by atoms with E-state index in [1.165, 1.54) is 5.56 Å². The minimum Gasteiger partial charge on any atom is -0.497 e. The number of benzene rings is 1. The maximum Gasteiger partial charge on any atom is 0.322 e. The molecule has 0 spiro atoms. The molecule has 3 N–H and O–H groups in total. The van der Waals surface area contributed by atoms with Crippen molar-refractivity contribution in [2.24, 2.45) is 0 Å².